The summed E-state index contributed by atoms with van der Waals surface area (Å²) in [6.45, 7) is 19.0. The highest BCUT2D eigenvalue weighted by molar-refractivity contribution is 6.86. The zero-order valence-corrected chi connectivity index (χ0v) is 25.4. The Morgan fingerprint density at radius 3 is 2.08 bits per heavy atom. The van der Waals surface area contributed by atoms with Gasteiger partial charge in [0.05, 0.1) is 7.11 Å². The molecular weight excluding hydrogens is 464 g/mol. The molecule has 0 spiro atoms. The molecule has 1 unspecified atom stereocenters. The van der Waals surface area contributed by atoms with Gasteiger partial charge in [-0.1, -0.05) is 102 Å². The number of hydrogen-bond donors (Lipinski definition) is 0. The number of benzene rings is 3. The van der Waals surface area contributed by atoms with E-state index >= 15 is 0 Å². The summed E-state index contributed by atoms with van der Waals surface area (Å²) in [6.07, 6.45) is 6.11. The molecule has 0 radical (unpaired) electrons. The van der Waals surface area contributed by atoms with E-state index in [1.807, 2.05) is 7.11 Å². The molecule has 0 bridgehead atoms. The number of rotatable bonds is 4. The van der Waals surface area contributed by atoms with Crippen LogP contribution in [0.25, 0.3) is 17.2 Å². The van der Waals surface area contributed by atoms with Crippen LogP contribution in [0.15, 0.2) is 59.8 Å². The first-order chi connectivity index (χ1) is 17.3. The Bertz CT molecular complexity index is 1340. The molecule has 1 atom stereocenters. The van der Waals surface area contributed by atoms with Gasteiger partial charge in [0, 0.05) is 11.1 Å². The Morgan fingerprint density at radius 1 is 0.838 bits per heavy atom. The molecule has 0 heterocycles. The van der Waals surface area contributed by atoms with Crippen LogP contribution in [0.2, 0.25) is 13.1 Å². The Labute approximate surface area is 226 Å². The van der Waals surface area contributed by atoms with Gasteiger partial charge in [0.25, 0.3) is 0 Å². The average molecular weight is 509 g/mol. The van der Waals surface area contributed by atoms with Gasteiger partial charge >= 0.3 is 0 Å². The molecule has 3 aromatic rings. The van der Waals surface area contributed by atoms with Gasteiger partial charge in [0.1, 0.15) is 5.75 Å². The summed E-state index contributed by atoms with van der Waals surface area (Å²) in [5.41, 5.74) is 12.2. The smallest absolute Gasteiger partial charge is 0.126 e. The van der Waals surface area contributed by atoms with Crippen molar-refractivity contribution in [3.05, 3.63) is 93.2 Å². The summed E-state index contributed by atoms with van der Waals surface area (Å²) in [5, 5.41) is 1.71. The summed E-state index contributed by atoms with van der Waals surface area (Å²) in [4.78, 5) is 0. The van der Waals surface area contributed by atoms with Gasteiger partial charge in [-0.05, 0) is 63.6 Å². The standard InChI is InChI=1S/C35H44OSi/c1-34(2,3)30-21-25(22-31(33(30)36-7)35(4,5)6)27-15-12-16-29-28(27)17-18-32(29)37(8,9)26-19-23-13-10-11-14-24(23)20-26/h10-16,19,21-22,32H,17-18,20H2,1-9H3/q-1. The van der Waals surface area contributed by atoms with Crippen molar-refractivity contribution in [2.75, 3.05) is 7.11 Å². The third-order valence-electron chi connectivity index (χ3n) is 8.96. The maximum Gasteiger partial charge on any atom is 0.126 e. The second kappa shape index (κ2) is 9.01. The first kappa shape index (κ1) is 26.0. The molecule has 5 rings (SSSR count). The van der Waals surface area contributed by atoms with E-state index in [1.165, 1.54) is 46.2 Å². The van der Waals surface area contributed by atoms with Crippen molar-refractivity contribution in [2.45, 2.75) is 90.3 Å². The number of allylic oxidation sites excluding steroid dienone is 1. The molecule has 0 aliphatic heterocycles. The highest BCUT2D eigenvalue weighted by Crippen LogP contribution is 2.49. The predicted octanol–water partition coefficient (Wildman–Crippen LogP) is 9.41. The zero-order chi connectivity index (χ0) is 26.8. The predicted molar refractivity (Wildman–Crippen MR) is 162 cm³/mol. The van der Waals surface area contributed by atoms with Gasteiger partial charge in [-0.15, -0.1) is 13.6 Å². The minimum atomic E-state index is -1.67. The van der Waals surface area contributed by atoms with Gasteiger partial charge < -0.3 is 4.74 Å². The molecule has 0 saturated heterocycles. The van der Waals surface area contributed by atoms with Crippen LogP contribution < -0.4 is 4.74 Å². The van der Waals surface area contributed by atoms with Crippen LogP contribution in [0.4, 0.5) is 0 Å². The normalized spacial score (nSPS) is 17.4. The molecule has 2 heteroatoms. The zero-order valence-electron chi connectivity index (χ0n) is 24.4. The van der Waals surface area contributed by atoms with E-state index in [2.05, 4.69) is 115 Å². The molecule has 2 aliphatic carbocycles. The van der Waals surface area contributed by atoms with Crippen LogP contribution in [0, 0.1) is 0 Å². The summed E-state index contributed by atoms with van der Waals surface area (Å²) in [7, 11) is 0.161. The van der Waals surface area contributed by atoms with Crippen molar-refractivity contribution < 1.29 is 4.74 Å². The van der Waals surface area contributed by atoms with Gasteiger partial charge in [0.2, 0.25) is 0 Å². The van der Waals surface area contributed by atoms with Crippen LogP contribution >= 0.6 is 0 Å². The van der Waals surface area contributed by atoms with Gasteiger partial charge in [-0.2, -0.15) is 13.1 Å². The molecule has 0 fully saturated rings. The van der Waals surface area contributed by atoms with E-state index in [0.717, 1.165) is 12.2 Å². The molecule has 0 saturated carbocycles. The highest BCUT2D eigenvalue weighted by Gasteiger charge is 2.34. The first-order valence-electron chi connectivity index (χ1n) is 14.0. The van der Waals surface area contributed by atoms with E-state index in [-0.39, 0.29) is 10.8 Å². The monoisotopic (exact) mass is 508 g/mol. The Morgan fingerprint density at radius 2 is 1.49 bits per heavy atom. The molecule has 3 aromatic carbocycles. The Kier molecular flexibility index (Phi) is 6.34. The molecule has 195 valence electrons. The van der Waals surface area contributed by atoms with E-state index in [0.29, 0.717) is 5.54 Å². The molecule has 0 aromatic heterocycles. The van der Waals surface area contributed by atoms with Crippen LogP contribution in [0.3, 0.4) is 0 Å². The third-order valence-corrected chi connectivity index (χ3v) is 13.3. The fraction of sp³-hybridized carbons (Fsp3) is 0.429. The Balaban J connectivity index is 1.60. The summed E-state index contributed by atoms with van der Waals surface area (Å²) < 4.78 is 6.06. The van der Waals surface area contributed by atoms with Crippen LogP contribution in [0.5, 0.6) is 5.75 Å². The van der Waals surface area contributed by atoms with E-state index in [1.54, 1.807) is 16.3 Å². The molecule has 0 N–H and O–H groups in total. The van der Waals surface area contributed by atoms with Crippen molar-refractivity contribution >= 4 is 14.1 Å². The number of hydrogen-bond acceptors (Lipinski definition) is 1. The van der Waals surface area contributed by atoms with Gasteiger partial charge in [-0.25, -0.2) is 5.20 Å². The van der Waals surface area contributed by atoms with Crippen LogP contribution in [0.1, 0.15) is 86.9 Å². The molecule has 37 heavy (non-hydrogen) atoms. The van der Waals surface area contributed by atoms with Crippen molar-refractivity contribution in [3.8, 4) is 16.9 Å². The fourth-order valence-corrected chi connectivity index (χ4v) is 10.2. The Hall–Kier alpha value is -2.58. The molecule has 2 aliphatic rings. The highest BCUT2D eigenvalue weighted by atomic mass is 28.3. The molecular formula is C35H44OSi-. The van der Waals surface area contributed by atoms with E-state index < -0.39 is 8.07 Å². The van der Waals surface area contributed by atoms with Gasteiger partial charge in [0.15, 0.2) is 0 Å². The minimum Gasteiger partial charge on any atom is -0.496 e. The van der Waals surface area contributed by atoms with E-state index in [4.69, 9.17) is 4.74 Å². The number of methoxy groups -OCH3 is 1. The number of fused-ring (bicyclic) bond motifs is 2. The van der Waals surface area contributed by atoms with Crippen molar-refractivity contribution in [1.82, 2.24) is 0 Å². The topological polar surface area (TPSA) is 9.23 Å². The third kappa shape index (κ3) is 4.52. The quantitative estimate of drug-likeness (QED) is 0.319. The molecule has 1 nitrogen and oxygen atoms in total. The van der Waals surface area contributed by atoms with E-state index in [9.17, 15) is 0 Å². The number of ether oxygens (including phenoxy) is 1. The maximum atomic E-state index is 6.06. The lowest BCUT2D eigenvalue weighted by Crippen LogP contribution is -2.37. The van der Waals surface area contributed by atoms with Crippen molar-refractivity contribution in [2.24, 2.45) is 0 Å². The van der Waals surface area contributed by atoms with Gasteiger partial charge in [-0.3, -0.25) is 0 Å². The SMILES string of the molecule is COc1c(C(C)(C)C)cc(-c2cccc3c2CCC3[Si-](C)(C)C2=Cc3ccccc3C2)cc1C(C)(C)C. The van der Waals surface area contributed by atoms with Crippen molar-refractivity contribution in [3.63, 3.8) is 0 Å². The van der Waals surface area contributed by atoms with Crippen molar-refractivity contribution in [1.29, 1.82) is 0 Å². The second-order valence-electron chi connectivity index (χ2n) is 13.8. The fourth-order valence-electron chi connectivity index (χ4n) is 6.71. The first-order valence-corrected chi connectivity index (χ1v) is 17.0. The second-order valence-corrected chi connectivity index (χ2v) is 18.6. The minimum absolute atomic E-state index is 0.000694. The lowest BCUT2D eigenvalue weighted by molar-refractivity contribution is 0.381. The summed E-state index contributed by atoms with van der Waals surface area (Å²) in [6, 6.07) is 20.9. The van der Waals surface area contributed by atoms with Crippen LogP contribution in [-0.2, 0) is 23.7 Å². The lowest BCUT2D eigenvalue weighted by atomic mass is 9.77. The summed E-state index contributed by atoms with van der Waals surface area (Å²) >= 11 is 0. The summed E-state index contributed by atoms with van der Waals surface area (Å²) in [5.74, 6) is 1.05. The largest absolute Gasteiger partial charge is 0.496 e. The average Bonchev–Trinajstić information content (AvgIpc) is 3.47. The lowest BCUT2D eigenvalue weighted by Gasteiger charge is -2.44. The maximum absolute atomic E-state index is 6.06. The molecule has 0 amide bonds. The van der Waals surface area contributed by atoms with Crippen LogP contribution in [-0.4, -0.2) is 15.2 Å².